The normalized spacial score (nSPS) is 8.91. The van der Waals surface area contributed by atoms with Crippen LogP contribution in [0.4, 0.5) is 0 Å². The fraction of sp³-hybridized carbons (Fsp3) is 0.222. The van der Waals surface area contributed by atoms with Gasteiger partial charge in [0.2, 0.25) is 0 Å². The van der Waals surface area contributed by atoms with Crippen molar-refractivity contribution in [1.82, 2.24) is 0 Å². The molecular weight excluding hydrogens is 250 g/mol. The van der Waals surface area contributed by atoms with Crippen LogP contribution in [0.2, 0.25) is 0 Å². The second kappa shape index (κ2) is 5.78. The maximum absolute atomic E-state index is 5.53. The van der Waals surface area contributed by atoms with Crippen molar-refractivity contribution in [1.29, 1.82) is 0 Å². The zero-order chi connectivity index (χ0) is 7.40. The molecule has 0 fully saturated rings. The molecule has 0 heterocycles. The molecule has 1 rings (SSSR count). The summed E-state index contributed by atoms with van der Waals surface area (Å²) in [5.74, 6) is 1.60. The molecule has 0 spiro atoms. The average Bonchev–Trinajstić information content (AvgIpc) is 2.05. The first kappa shape index (κ1) is 11.2. The molecule has 0 aliphatic heterocycles. The first-order chi connectivity index (χ1) is 4.86. The van der Waals surface area contributed by atoms with Gasteiger partial charge in [-0.25, -0.2) is 0 Å². The Labute approximate surface area is 86.6 Å². The van der Waals surface area contributed by atoms with E-state index < -0.39 is 0 Å². The number of aryl methyl sites for hydroxylation is 1. The molecule has 0 N–H and O–H groups in total. The number of halogens is 1. The largest absolute Gasteiger partial charge is 0.116 e. The van der Waals surface area contributed by atoms with Crippen LogP contribution in [0.5, 0.6) is 0 Å². The Morgan fingerprint density at radius 3 is 2.73 bits per heavy atom. The standard InChI is InChI=1S/C9H10Cl.Pd/c1-2-8-4-3-5-9(6-8)7-10;/h3-7H,2H2,1H3;. The summed E-state index contributed by atoms with van der Waals surface area (Å²) in [7, 11) is 0. The maximum atomic E-state index is 5.53. The van der Waals surface area contributed by atoms with Crippen LogP contribution < -0.4 is 0 Å². The van der Waals surface area contributed by atoms with Crippen molar-refractivity contribution in [3.8, 4) is 0 Å². The Hall–Kier alpha value is 0.172. The van der Waals surface area contributed by atoms with Crippen molar-refractivity contribution in [3.05, 3.63) is 41.3 Å². The Balaban J connectivity index is 0.000001000. The molecule has 0 unspecified atom stereocenters. The van der Waals surface area contributed by atoms with Gasteiger partial charge < -0.3 is 0 Å². The monoisotopic (exact) mass is 259 g/mol. The minimum atomic E-state index is 0. The van der Waals surface area contributed by atoms with E-state index in [4.69, 9.17) is 11.6 Å². The van der Waals surface area contributed by atoms with Crippen LogP contribution in [0, 0.1) is 5.88 Å². The van der Waals surface area contributed by atoms with E-state index >= 15 is 0 Å². The number of hydrogen-bond donors (Lipinski definition) is 0. The van der Waals surface area contributed by atoms with Gasteiger partial charge in [-0.3, -0.25) is 0 Å². The van der Waals surface area contributed by atoms with Crippen molar-refractivity contribution < 1.29 is 20.4 Å². The van der Waals surface area contributed by atoms with Crippen LogP contribution in [0.25, 0.3) is 0 Å². The van der Waals surface area contributed by atoms with Gasteiger partial charge in [-0.15, -0.1) is 11.6 Å². The minimum Gasteiger partial charge on any atom is -0.116 e. The van der Waals surface area contributed by atoms with Crippen LogP contribution in [-0.4, -0.2) is 0 Å². The van der Waals surface area contributed by atoms with E-state index in [1.807, 2.05) is 12.1 Å². The van der Waals surface area contributed by atoms with Crippen LogP contribution in [0.3, 0.4) is 0 Å². The first-order valence-corrected chi connectivity index (χ1v) is 3.83. The molecule has 0 nitrogen and oxygen atoms in total. The van der Waals surface area contributed by atoms with Gasteiger partial charge in [-0.05, 0) is 17.5 Å². The molecule has 1 aromatic carbocycles. The second-order valence-electron chi connectivity index (χ2n) is 2.21. The molecule has 0 saturated carbocycles. The van der Waals surface area contributed by atoms with Gasteiger partial charge in [0.25, 0.3) is 0 Å². The summed E-state index contributed by atoms with van der Waals surface area (Å²) in [6.45, 7) is 2.13. The van der Waals surface area contributed by atoms with Gasteiger partial charge in [0.15, 0.2) is 0 Å². The third-order valence-corrected chi connectivity index (χ3v) is 1.74. The van der Waals surface area contributed by atoms with Gasteiger partial charge in [-0.1, -0.05) is 31.2 Å². The smallest absolute Gasteiger partial charge is 0.0790 e. The summed E-state index contributed by atoms with van der Waals surface area (Å²) in [6.07, 6.45) is 1.07. The number of benzene rings is 1. The molecule has 11 heavy (non-hydrogen) atoms. The van der Waals surface area contributed by atoms with Crippen molar-refractivity contribution in [2.24, 2.45) is 0 Å². The molecule has 0 aromatic heterocycles. The van der Waals surface area contributed by atoms with Crippen molar-refractivity contribution in [3.63, 3.8) is 0 Å². The van der Waals surface area contributed by atoms with E-state index in [9.17, 15) is 0 Å². The first-order valence-electron chi connectivity index (χ1n) is 3.39. The SMILES string of the molecule is CCc1cccc([CH]Cl)c1.[Pd]. The molecule has 0 aliphatic carbocycles. The van der Waals surface area contributed by atoms with E-state index in [1.54, 1.807) is 5.88 Å². The van der Waals surface area contributed by atoms with E-state index in [0.717, 1.165) is 12.0 Å². The van der Waals surface area contributed by atoms with Crippen molar-refractivity contribution >= 4 is 11.6 Å². The summed E-state index contributed by atoms with van der Waals surface area (Å²) in [6, 6.07) is 8.20. The average molecular weight is 260 g/mol. The Morgan fingerprint density at radius 1 is 1.45 bits per heavy atom. The van der Waals surface area contributed by atoms with Gasteiger partial charge in [0.05, 0.1) is 5.88 Å². The molecule has 2 heteroatoms. The van der Waals surface area contributed by atoms with Crippen molar-refractivity contribution in [2.75, 3.05) is 0 Å². The summed E-state index contributed by atoms with van der Waals surface area (Å²) in [5, 5.41) is 0. The molecule has 0 atom stereocenters. The minimum absolute atomic E-state index is 0. The molecule has 0 saturated heterocycles. The Bertz CT molecular complexity index is 191. The molecule has 0 aliphatic rings. The summed E-state index contributed by atoms with van der Waals surface area (Å²) < 4.78 is 0. The summed E-state index contributed by atoms with van der Waals surface area (Å²) in [5.41, 5.74) is 2.41. The summed E-state index contributed by atoms with van der Waals surface area (Å²) >= 11 is 5.53. The fourth-order valence-electron chi connectivity index (χ4n) is 0.881. The van der Waals surface area contributed by atoms with E-state index in [2.05, 4.69) is 19.1 Å². The number of hydrogen-bond acceptors (Lipinski definition) is 0. The Kier molecular flexibility index (Phi) is 5.87. The maximum Gasteiger partial charge on any atom is 0.0790 e. The van der Waals surface area contributed by atoms with E-state index in [1.165, 1.54) is 5.56 Å². The molecule has 63 valence electrons. The molecule has 1 aromatic rings. The van der Waals surface area contributed by atoms with Gasteiger partial charge >= 0.3 is 0 Å². The Morgan fingerprint density at radius 2 is 2.18 bits per heavy atom. The van der Waals surface area contributed by atoms with Crippen molar-refractivity contribution in [2.45, 2.75) is 13.3 Å². The van der Waals surface area contributed by atoms with Crippen LogP contribution in [0.1, 0.15) is 18.1 Å². The number of rotatable bonds is 2. The van der Waals surface area contributed by atoms with Crippen LogP contribution in [-0.2, 0) is 26.8 Å². The van der Waals surface area contributed by atoms with Gasteiger partial charge in [0.1, 0.15) is 0 Å². The predicted molar refractivity (Wildman–Crippen MR) is 45.1 cm³/mol. The van der Waals surface area contributed by atoms with Gasteiger partial charge in [-0.2, -0.15) is 0 Å². The van der Waals surface area contributed by atoms with Gasteiger partial charge in [0, 0.05) is 20.4 Å². The fourth-order valence-corrected chi connectivity index (χ4v) is 1.02. The molecular formula is C9H10ClPd. The molecule has 0 amide bonds. The summed E-state index contributed by atoms with van der Waals surface area (Å²) in [4.78, 5) is 0. The predicted octanol–water partition coefficient (Wildman–Crippen LogP) is 3.00. The van der Waals surface area contributed by atoms with E-state index in [0.29, 0.717) is 0 Å². The molecule has 0 bridgehead atoms. The second-order valence-corrected chi connectivity index (χ2v) is 2.43. The topological polar surface area (TPSA) is 0 Å². The third-order valence-electron chi connectivity index (χ3n) is 1.49. The van der Waals surface area contributed by atoms with Crippen LogP contribution in [0.15, 0.2) is 24.3 Å². The zero-order valence-corrected chi connectivity index (χ0v) is 8.60. The van der Waals surface area contributed by atoms with Crippen LogP contribution >= 0.6 is 11.6 Å². The third kappa shape index (κ3) is 3.38. The van der Waals surface area contributed by atoms with E-state index in [-0.39, 0.29) is 20.4 Å². The quantitative estimate of drug-likeness (QED) is 0.717. The zero-order valence-electron chi connectivity index (χ0n) is 6.29. The molecule has 1 radical (unpaired) electrons.